The molecule has 0 atom stereocenters. The molecule has 0 aliphatic carbocycles. The molecule has 0 aliphatic heterocycles. The lowest BCUT2D eigenvalue weighted by Gasteiger charge is -2.21. The third kappa shape index (κ3) is 8.58. The van der Waals surface area contributed by atoms with Crippen LogP contribution in [0.3, 0.4) is 0 Å². The highest BCUT2D eigenvalue weighted by Gasteiger charge is 2.19. The first-order valence-corrected chi connectivity index (χ1v) is 5.98. The van der Waals surface area contributed by atoms with Crippen molar-refractivity contribution in [3.05, 3.63) is 0 Å². The zero-order chi connectivity index (χ0) is 10.2. The lowest BCUT2D eigenvalue weighted by Crippen LogP contribution is -2.32. The Morgan fingerprint density at radius 3 is 1.62 bits per heavy atom. The molecule has 2 heteroatoms. The van der Waals surface area contributed by atoms with Crippen molar-refractivity contribution in [3.63, 3.8) is 0 Å². The molecule has 13 heavy (non-hydrogen) atoms. The van der Waals surface area contributed by atoms with Crippen molar-refractivity contribution in [2.24, 2.45) is 5.73 Å². The normalized spacial score (nSPS) is 12.0. The van der Waals surface area contributed by atoms with E-state index in [1.165, 1.54) is 38.5 Å². The molecule has 0 fully saturated rings. The first kappa shape index (κ1) is 13.2. The lowest BCUT2D eigenvalue weighted by molar-refractivity contribution is 0.456. The molecule has 0 aromatic rings. The van der Waals surface area contributed by atoms with E-state index in [0.29, 0.717) is 0 Å². The fraction of sp³-hybridized carbons (Fsp3) is 1.00. The van der Waals surface area contributed by atoms with Gasteiger partial charge in [0.2, 0.25) is 0 Å². The molecule has 0 amide bonds. The average Bonchev–Trinajstić information content (AvgIpc) is 2.05. The number of hydrogen-bond acceptors (Lipinski definition) is 1. The minimum atomic E-state index is -0.426. The van der Waals surface area contributed by atoms with Gasteiger partial charge in [0.25, 0.3) is 0 Å². The average molecular weight is 206 g/mol. The molecule has 0 radical (unpaired) electrons. The summed E-state index contributed by atoms with van der Waals surface area (Å²) in [6.07, 6.45) is 9.24. The van der Waals surface area contributed by atoms with Crippen LogP contribution >= 0.6 is 11.6 Å². The second kappa shape index (κ2) is 7.64. The van der Waals surface area contributed by atoms with Crippen LogP contribution in [0.15, 0.2) is 0 Å². The monoisotopic (exact) mass is 205 g/mol. The topological polar surface area (TPSA) is 26.0 Å². The minimum absolute atomic E-state index is 0.426. The standard InChI is InChI=1S/C11H24ClN/c1-3-5-7-9-11(12,13)10-8-6-4-2/h3-10,13H2,1-2H3. The molecular formula is C11H24ClN. The third-order valence-corrected chi connectivity index (χ3v) is 2.77. The van der Waals surface area contributed by atoms with Crippen molar-refractivity contribution in [1.29, 1.82) is 0 Å². The molecule has 0 rings (SSSR count). The van der Waals surface area contributed by atoms with Crippen LogP contribution in [0.4, 0.5) is 0 Å². The highest BCUT2D eigenvalue weighted by atomic mass is 35.5. The molecule has 0 aliphatic rings. The van der Waals surface area contributed by atoms with Gasteiger partial charge in [0.15, 0.2) is 0 Å². The molecule has 80 valence electrons. The van der Waals surface area contributed by atoms with Crippen LogP contribution < -0.4 is 5.73 Å². The summed E-state index contributed by atoms with van der Waals surface area (Å²) in [7, 11) is 0. The summed E-state index contributed by atoms with van der Waals surface area (Å²) in [5.41, 5.74) is 5.96. The summed E-state index contributed by atoms with van der Waals surface area (Å²) >= 11 is 6.19. The fourth-order valence-electron chi connectivity index (χ4n) is 1.46. The van der Waals surface area contributed by atoms with E-state index < -0.39 is 5.00 Å². The quantitative estimate of drug-likeness (QED) is 0.361. The lowest BCUT2D eigenvalue weighted by atomic mass is 10.0. The van der Waals surface area contributed by atoms with Crippen molar-refractivity contribution in [1.82, 2.24) is 0 Å². The van der Waals surface area contributed by atoms with E-state index in [-0.39, 0.29) is 0 Å². The molecule has 0 aromatic carbocycles. The van der Waals surface area contributed by atoms with Crippen LogP contribution in [0, 0.1) is 0 Å². The highest BCUT2D eigenvalue weighted by Crippen LogP contribution is 2.23. The Balaban J connectivity index is 3.42. The van der Waals surface area contributed by atoms with Gasteiger partial charge in [-0.25, -0.2) is 0 Å². The van der Waals surface area contributed by atoms with Gasteiger partial charge >= 0.3 is 0 Å². The predicted octanol–water partition coefficient (Wildman–Crippen LogP) is 4.04. The van der Waals surface area contributed by atoms with Crippen molar-refractivity contribution in [2.45, 2.75) is 70.2 Å². The van der Waals surface area contributed by atoms with Gasteiger partial charge in [0.05, 0.1) is 5.00 Å². The smallest absolute Gasteiger partial charge is 0.0910 e. The van der Waals surface area contributed by atoms with Gasteiger partial charge in [-0.05, 0) is 12.8 Å². The zero-order valence-corrected chi connectivity index (χ0v) is 9.87. The number of rotatable bonds is 8. The Hall–Kier alpha value is 0.250. The van der Waals surface area contributed by atoms with E-state index in [1.807, 2.05) is 0 Å². The van der Waals surface area contributed by atoms with Crippen molar-refractivity contribution >= 4 is 11.6 Å². The van der Waals surface area contributed by atoms with Crippen molar-refractivity contribution < 1.29 is 0 Å². The van der Waals surface area contributed by atoms with Crippen molar-refractivity contribution in [2.75, 3.05) is 0 Å². The van der Waals surface area contributed by atoms with Gasteiger partial charge < -0.3 is 5.73 Å². The Morgan fingerprint density at radius 2 is 1.31 bits per heavy atom. The Labute approximate surface area is 88.0 Å². The third-order valence-electron chi connectivity index (χ3n) is 2.39. The minimum Gasteiger partial charge on any atom is -0.313 e. The van der Waals surface area contributed by atoms with Crippen LogP contribution in [0.5, 0.6) is 0 Å². The van der Waals surface area contributed by atoms with Gasteiger partial charge in [-0.2, -0.15) is 0 Å². The molecule has 0 saturated heterocycles. The largest absolute Gasteiger partial charge is 0.313 e. The molecule has 0 bridgehead atoms. The molecular weight excluding hydrogens is 182 g/mol. The summed E-state index contributed by atoms with van der Waals surface area (Å²) in [4.78, 5) is -0.426. The first-order chi connectivity index (χ1) is 6.12. The summed E-state index contributed by atoms with van der Waals surface area (Å²) in [6, 6.07) is 0. The number of halogens is 1. The SMILES string of the molecule is CCCCCC(N)(Cl)CCCCC. The zero-order valence-electron chi connectivity index (χ0n) is 9.11. The van der Waals surface area contributed by atoms with E-state index in [0.717, 1.165) is 12.8 Å². The molecule has 2 N–H and O–H groups in total. The predicted molar refractivity (Wildman–Crippen MR) is 61.1 cm³/mol. The Morgan fingerprint density at radius 1 is 0.923 bits per heavy atom. The first-order valence-electron chi connectivity index (χ1n) is 5.60. The molecule has 0 unspecified atom stereocenters. The fourth-order valence-corrected chi connectivity index (χ4v) is 1.73. The Kier molecular flexibility index (Phi) is 7.78. The van der Waals surface area contributed by atoms with E-state index in [4.69, 9.17) is 17.3 Å². The highest BCUT2D eigenvalue weighted by molar-refractivity contribution is 6.23. The van der Waals surface area contributed by atoms with Gasteiger partial charge in [0, 0.05) is 0 Å². The summed E-state index contributed by atoms with van der Waals surface area (Å²) < 4.78 is 0. The Bertz CT molecular complexity index is 101. The van der Waals surface area contributed by atoms with E-state index in [9.17, 15) is 0 Å². The van der Waals surface area contributed by atoms with E-state index in [2.05, 4.69) is 13.8 Å². The molecule has 0 heterocycles. The maximum Gasteiger partial charge on any atom is 0.0910 e. The number of unbranched alkanes of at least 4 members (excludes halogenated alkanes) is 4. The van der Waals surface area contributed by atoms with Gasteiger partial charge in [-0.3, -0.25) is 0 Å². The number of nitrogens with two attached hydrogens (primary N) is 1. The second-order valence-electron chi connectivity index (χ2n) is 3.95. The maximum absolute atomic E-state index is 6.19. The summed E-state index contributed by atoms with van der Waals surface area (Å²) in [6.45, 7) is 4.40. The molecule has 1 nitrogen and oxygen atoms in total. The van der Waals surface area contributed by atoms with E-state index >= 15 is 0 Å². The van der Waals surface area contributed by atoms with Crippen molar-refractivity contribution in [3.8, 4) is 0 Å². The van der Waals surface area contributed by atoms with Crippen LogP contribution in [0.25, 0.3) is 0 Å². The van der Waals surface area contributed by atoms with Crippen LogP contribution in [0.2, 0.25) is 0 Å². The van der Waals surface area contributed by atoms with Crippen LogP contribution in [-0.2, 0) is 0 Å². The summed E-state index contributed by atoms with van der Waals surface area (Å²) in [5.74, 6) is 0. The second-order valence-corrected chi connectivity index (χ2v) is 4.70. The maximum atomic E-state index is 6.19. The van der Waals surface area contributed by atoms with Crippen LogP contribution in [-0.4, -0.2) is 5.00 Å². The summed E-state index contributed by atoms with van der Waals surface area (Å²) in [5, 5.41) is 0. The molecule has 0 spiro atoms. The van der Waals surface area contributed by atoms with E-state index in [1.54, 1.807) is 0 Å². The van der Waals surface area contributed by atoms with Gasteiger partial charge in [-0.15, -0.1) is 11.6 Å². The van der Waals surface area contributed by atoms with Gasteiger partial charge in [0.1, 0.15) is 0 Å². The number of hydrogen-bond donors (Lipinski definition) is 1. The number of alkyl halides is 1. The van der Waals surface area contributed by atoms with Crippen LogP contribution in [0.1, 0.15) is 65.2 Å². The molecule has 0 aromatic heterocycles. The van der Waals surface area contributed by atoms with Gasteiger partial charge in [-0.1, -0.05) is 52.4 Å². The molecule has 0 saturated carbocycles.